The summed E-state index contributed by atoms with van der Waals surface area (Å²) in [5.74, 6) is 6.17. The van der Waals surface area contributed by atoms with Crippen LogP contribution in [0.5, 0.6) is 11.5 Å². The monoisotopic (exact) mass is 201 g/mol. The summed E-state index contributed by atoms with van der Waals surface area (Å²) in [4.78, 5) is 4.49. The standard InChI is InChI=1S/C8H8ClNO3/c9-7-5(3-13-10)1-2-6-8(7)12-4-11-6/h1-2H,3-4,10H2. The lowest BCUT2D eigenvalue weighted by Gasteiger charge is -2.04. The second-order valence-electron chi connectivity index (χ2n) is 2.58. The lowest BCUT2D eigenvalue weighted by atomic mass is 10.2. The van der Waals surface area contributed by atoms with Crippen LogP contribution in [0.4, 0.5) is 0 Å². The molecule has 0 atom stereocenters. The third kappa shape index (κ3) is 1.44. The van der Waals surface area contributed by atoms with E-state index in [0.717, 1.165) is 5.56 Å². The van der Waals surface area contributed by atoms with E-state index in [4.69, 9.17) is 27.0 Å². The molecule has 1 aromatic rings. The van der Waals surface area contributed by atoms with Crippen LogP contribution in [0.2, 0.25) is 5.02 Å². The summed E-state index contributed by atoms with van der Waals surface area (Å²) in [5, 5.41) is 0.500. The van der Waals surface area contributed by atoms with Gasteiger partial charge in [-0.15, -0.1) is 0 Å². The van der Waals surface area contributed by atoms with E-state index >= 15 is 0 Å². The summed E-state index contributed by atoms with van der Waals surface area (Å²) in [5.41, 5.74) is 0.786. The van der Waals surface area contributed by atoms with Gasteiger partial charge in [0.1, 0.15) is 0 Å². The minimum atomic E-state index is 0.210. The van der Waals surface area contributed by atoms with Crippen LogP contribution in [0, 0.1) is 0 Å². The first-order valence-electron chi connectivity index (χ1n) is 3.71. The molecule has 2 rings (SSSR count). The molecule has 0 bridgehead atoms. The minimum Gasteiger partial charge on any atom is -0.454 e. The second-order valence-corrected chi connectivity index (χ2v) is 2.96. The highest BCUT2D eigenvalue weighted by atomic mass is 35.5. The van der Waals surface area contributed by atoms with Gasteiger partial charge in [0.2, 0.25) is 6.79 Å². The fraction of sp³-hybridized carbons (Fsp3) is 0.250. The van der Waals surface area contributed by atoms with Crippen LogP contribution in [0.1, 0.15) is 5.56 Å². The molecule has 0 radical (unpaired) electrons. The third-order valence-corrected chi connectivity index (χ3v) is 2.21. The predicted molar refractivity (Wildman–Crippen MR) is 46.6 cm³/mol. The summed E-state index contributed by atoms with van der Waals surface area (Å²) in [6.45, 7) is 0.470. The maximum absolute atomic E-state index is 5.99. The summed E-state index contributed by atoms with van der Waals surface area (Å²) in [6, 6.07) is 3.57. The molecule has 5 heteroatoms. The first kappa shape index (κ1) is 8.62. The fourth-order valence-electron chi connectivity index (χ4n) is 1.18. The Labute approximate surface area is 80.1 Å². The molecule has 1 aliphatic heterocycles. The van der Waals surface area contributed by atoms with Crippen LogP contribution in [-0.2, 0) is 11.4 Å². The number of hydrogen-bond donors (Lipinski definition) is 1. The Hall–Kier alpha value is -0.970. The van der Waals surface area contributed by atoms with Crippen LogP contribution < -0.4 is 15.4 Å². The normalized spacial score (nSPS) is 13.4. The maximum atomic E-state index is 5.99. The van der Waals surface area contributed by atoms with Gasteiger partial charge in [0.25, 0.3) is 0 Å². The maximum Gasteiger partial charge on any atom is 0.231 e. The number of nitrogens with two attached hydrogens (primary N) is 1. The van der Waals surface area contributed by atoms with Crippen molar-refractivity contribution in [3.63, 3.8) is 0 Å². The van der Waals surface area contributed by atoms with Gasteiger partial charge in [0, 0.05) is 5.56 Å². The highest BCUT2D eigenvalue weighted by molar-refractivity contribution is 6.33. The van der Waals surface area contributed by atoms with Gasteiger partial charge in [-0.05, 0) is 6.07 Å². The van der Waals surface area contributed by atoms with Crippen LogP contribution in [0.3, 0.4) is 0 Å². The molecule has 0 amide bonds. The Morgan fingerprint density at radius 2 is 2.31 bits per heavy atom. The topological polar surface area (TPSA) is 53.7 Å². The number of fused-ring (bicyclic) bond motifs is 1. The molecule has 2 N–H and O–H groups in total. The third-order valence-electron chi connectivity index (χ3n) is 1.80. The molecule has 13 heavy (non-hydrogen) atoms. The quantitative estimate of drug-likeness (QED) is 0.736. The minimum absolute atomic E-state index is 0.210. The zero-order valence-corrected chi connectivity index (χ0v) is 7.50. The highest BCUT2D eigenvalue weighted by Crippen LogP contribution is 2.40. The van der Waals surface area contributed by atoms with Gasteiger partial charge in [0.05, 0.1) is 11.6 Å². The number of ether oxygens (including phenoxy) is 2. The molecule has 0 spiro atoms. The van der Waals surface area contributed by atoms with Gasteiger partial charge >= 0.3 is 0 Å². The predicted octanol–water partition coefficient (Wildman–Crippen LogP) is 1.46. The Balaban J connectivity index is 2.40. The molecule has 0 saturated heterocycles. The number of benzene rings is 1. The van der Waals surface area contributed by atoms with Crippen molar-refractivity contribution in [1.82, 2.24) is 0 Å². The smallest absolute Gasteiger partial charge is 0.231 e. The van der Waals surface area contributed by atoms with E-state index in [-0.39, 0.29) is 13.4 Å². The van der Waals surface area contributed by atoms with E-state index < -0.39 is 0 Å². The van der Waals surface area contributed by atoms with Crippen LogP contribution in [0.25, 0.3) is 0 Å². The highest BCUT2D eigenvalue weighted by Gasteiger charge is 2.19. The molecule has 1 aromatic carbocycles. The Morgan fingerprint density at radius 3 is 3.08 bits per heavy atom. The zero-order chi connectivity index (χ0) is 9.26. The van der Waals surface area contributed by atoms with Crippen molar-refractivity contribution >= 4 is 11.6 Å². The van der Waals surface area contributed by atoms with E-state index in [1.165, 1.54) is 0 Å². The van der Waals surface area contributed by atoms with Crippen molar-refractivity contribution in [1.29, 1.82) is 0 Å². The summed E-state index contributed by atoms with van der Waals surface area (Å²) < 4.78 is 10.3. The molecule has 0 unspecified atom stereocenters. The molecule has 0 fully saturated rings. The number of rotatable bonds is 2. The average Bonchev–Trinajstić information content (AvgIpc) is 2.58. The van der Waals surface area contributed by atoms with Gasteiger partial charge in [-0.2, -0.15) is 0 Å². The van der Waals surface area contributed by atoms with Crippen LogP contribution in [-0.4, -0.2) is 6.79 Å². The van der Waals surface area contributed by atoms with Crippen molar-refractivity contribution in [3.8, 4) is 11.5 Å². The van der Waals surface area contributed by atoms with Crippen molar-refractivity contribution in [2.75, 3.05) is 6.79 Å². The SMILES string of the molecule is NOCc1ccc2c(c1Cl)OCO2. The van der Waals surface area contributed by atoms with Crippen LogP contribution in [0.15, 0.2) is 12.1 Å². The summed E-state index contributed by atoms with van der Waals surface area (Å²) >= 11 is 5.99. The molecule has 1 heterocycles. The van der Waals surface area contributed by atoms with Gasteiger partial charge in [0.15, 0.2) is 11.5 Å². The molecule has 0 aliphatic carbocycles. The molecule has 0 saturated carbocycles. The molecule has 4 nitrogen and oxygen atoms in total. The molecular formula is C8H8ClNO3. The Morgan fingerprint density at radius 1 is 1.46 bits per heavy atom. The Bertz CT molecular complexity index is 329. The van der Waals surface area contributed by atoms with Gasteiger partial charge < -0.3 is 9.47 Å². The van der Waals surface area contributed by atoms with E-state index in [2.05, 4.69) is 4.84 Å². The van der Waals surface area contributed by atoms with Crippen molar-refractivity contribution in [2.45, 2.75) is 6.61 Å². The number of halogens is 1. The zero-order valence-electron chi connectivity index (χ0n) is 6.75. The average molecular weight is 202 g/mol. The first-order valence-corrected chi connectivity index (χ1v) is 4.09. The lowest BCUT2D eigenvalue weighted by Crippen LogP contribution is -1.99. The molecule has 1 aliphatic rings. The van der Waals surface area contributed by atoms with E-state index in [9.17, 15) is 0 Å². The summed E-state index contributed by atoms with van der Waals surface area (Å²) in [6.07, 6.45) is 0. The van der Waals surface area contributed by atoms with Crippen LogP contribution >= 0.6 is 11.6 Å². The van der Waals surface area contributed by atoms with E-state index in [1.54, 1.807) is 12.1 Å². The van der Waals surface area contributed by atoms with Gasteiger partial charge in [-0.25, -0.2) is 5.90 Å². The van der Waals surface area contributed by atoms with Crippen molar-refractivity contribution < 1.29 is 14.3 Å². The van der Waals surface area contributed by atoms with E-state index in [1.807, 2.05) is 0 Å². The van der Waals surface area contributed by atoms with Gasteiger partial charge in [-0.3, -0.25) is 4.84 Å². The Kier molecular flexibility index (Phi) is 2.26. The molecule has 0 aromatic heterocycles. The second kappa shape index (κ2) is 3.41. The van der Waals surface area contributed by atoms with E-state index in [0.29, 0.717) is 16.5 Å². The van der Waals surface area contributed by atoms with Gasteiger partial charge in [-0.1, -0.05) is 17.7 Å². The largest absolute Gasteiger partial charge is 0.454 e. The summed E-state index contributed by atoms with van der Waals surface area (Å²) in [7, 11) is 0. The number of hydrogen-bond acceptors (Lipinski definition) is 4. The fourth-order valence-corrected chi connectivity index (χ4v) is 1.45. The molecule has 70 valence electrons. The first-order chi connectivity index (χ1) is 6.33. The molecular weight excluding hydrogens is 194 g/mol. The lowest BCUT2D eigenvalue weighted by molar-refractivity contribution is 0.124. The van der Waals surface area contributed by atoms with Crippen molar-refractivity contribution in [2.24, 2.45) is 5.90 Å². The van der Waals surface area contributed by atoms with Crippen molar-refractivity contribution in [3.05, 3.63) is 22.7 Å².